The van der Waals surface area contributed by atoms with Gasteiger partial charge in [-0.3, -0.25) is 0 Å². The fourth-order valence-electron chi connectivity index (χ4n) is 6.28. The molecule has 0 bridgehead atoms. The quantitative estimate of drug-likeness (QED) is 0.0373. The van der Waals surface area contributed by atoms with Crippen molar-refractivity contribution in [3.05, 3.63) is 0 Å². The number of halogens is 1. The molecule has 0 aromatic heterocycles. The minimum absolute atomic E-state index is 0. The van der Waals surface area contributed by atoms with E-state index >= 15 is 0 Å². The topological polar surface area (TPSA) is 0 Å². The molecule has 0 rings (SSSR count). The second-order valence-electron chi connectivity index (χ2n) is 13.3. The van der Waals surface area contributed by atoms with Gasteiger partial charge < -0.3 is 28.5 Å². The summed E-state index contributed by atoms with van der Waals surface area (Å²) in [6.45, 7) is 11.3. The summed E-state index contributed by atoms with van der Waals surface area (Å²) in [5.41, 5.74) is 0. The van der Waals surface area contributed by atoms with Crippen LogP contribution >= 0.6 is 0 Å². The zero-order valence-electron chi connectivity index (χ0n) is 28.2. The van der Waals surface area contributed by atoms with Crippen molar-refractivity contribution in [2.75, 3.05) is 26.7 Å². The van der Waals surface area contributed by atoms with Gasteiger partial charge in [0.25, 0.3) is 0 Å². The molecule has 39 heavy (non-hydrogen) atoms. The monoisotopic (exact) mass is 664 g/mol. The number of nitrogens with zero attached hydrogens (tertiary/aromatic N) is 1. The first-order chi connectivity index (χ1) is 18.7. The standard InChI is InChI=1S/C37H78N.HI/c1-5-8-11-14-17-20-23-26-29-32-35-38(4,36-33-30-27-24-21-18-15-12-9-6-2)37-34-31-28-25-22-19-16-13-10-7-3;/h5-37H2,1-4H3;1H/q+1;/p-1. The van der Waals surface area contributed by atoms with E-state index in [1.807, 2.05) is 0 Å². The van der Waals surface area contributed by atoms with Crippen LogP contribution in [0.2, 0.25) is 0 Å². The van der Waals surface area contributed by atoms with Crippen molar-refractivity contribution in [3.8, 4) is 0 Å². The van der Waals surface area contributed by atoms with Crippen molar-refractivity contribution in [3.63, 3.8) is 0 Å². The zero-order chi connectivity index (χ0) is 27.8. The average Bonchev–Trinajstić information content (AvgIpc) is 2.92. The van der Waals surface area contributed by atoms with Crippen LogP contribution in [0.3, 0.4) is 0 Å². The van der Waals surface area contributed by atoms with E-state index in [0.717, 1.165) is 0 Å². The number of hydrogen-bond acceptors (Lipinski definition) is 0. The molecule has 0 radical (unpaired) electrons. The molecule has 0 amide bonds. The molecule has 0 fully saturated rings. The second-order valence-corrected chi connectivity index (χ2v) is 13.3. The predicted octanol–water partition coefficient (Wildman–Crippen LogP) is 10.2. The minimum Gasteiger partial charge on any atom is -1.00 e. The molecule has 0 aliphatic carbocycles. The summed E-state index contributed by atoms with van der Waals surface area (Å²) in [4.78, 5) is 0. The smallest absolute Gasteiger partial charge is 0.0784 e. The van der Waals surface area contributed by atoms with Crippen LogP contribution in [0.1, 0.15) is 213 Å². The molecule has 0 aliphatic rings. The van der Waals surface area contributed by atoms with Crippen molar-refractivity contribution in [2.45, 2.75) is 213 Å². The Bertz CT molecular complexity index is 364. The maximum absolute atomic E-state index is 2.61. The van der Waals surface area contributed by atoms with Crippen molar-refractivity contribution in [2.24, 2.45) is 0 Å². The van der Waals surface area contributed by atoms with Crippen LogP contribution in [0.25, 0.3) is 0 Å². The Morgan fingerprint density at radius 3 is 0.590 bits per heavy atom. The van der Waals surface area contributed by atoms with Crippen molar-refractivity contribution in [1.82, 2.24) is 0 Å². The lowest BCUT2D eigenvalue weighted by Crippen LogP contribution is -3.00. The van der Waals surface area contributed by atoms with Gasteiger partial charge >= 0.3 is 0 Å². The van der Waals surface area contributed by atoms with E-state index in [9.17, 15) is 0 Å². The van der Waals surface area contributed by atoms with Gasteiger partial charge in [-0.1, -0.05) is 175 Å². The summed E-state index contributed by atoms with van der Waals surface area (Å²) in [5.74, 6) is 0. The Morgan fingerprint density at radius 2 is 0.410 bits per heavy atom. The maximum Gasteiger partial charge on any atom is 0.0784 e. The van der Waals surface area contributed by atoms with Gasteiger partial charge in [-0.25, -0.2) is 0 Å². The van der Waals surface area contributed by atoms with Gasteiger partial charge in [-0.15, -0.1) is 0 Å². The lowest BCUT2D eigenvalue weighted by Gasteiger charge is -2.35. The van der Waals surface area contributed by atoms with E-state index in [0.29, 0.717) is 0 Å². The van der Waals surface area contributed by atoms with Crippen LogP contribution in [0.15, 0.2) is 0 Å². The SMILES string of the molecule is CCCCCCCCCCCC[N+](C)(CCCCCCCCCCCC)CCCCCCCCCCCC.[I-]. The van der Waals surface area contributed by atoms with Gasteiger partial charge in [0.2, 0.25) is 0 Å². The van der Waals surface area contributed by atoms with E-state index < -0.39 is 0 Å². The molecule has 0 atom stereocenters. The molecule has 0 aromatic carbocycles. The average molecular weight is 664 g/mol. The van der Waals surface area contributed by atoms with Crippen molar-refractivity contribution < 1.29 is 28.5 Å². The van der Waals surface area contributed by atoms with Crippen LogP contribution in [-0.4, -0.2) is 31.2 Å². The van der Waals surface area contributed by atoms with E-state index in [1.165, 1.54) is 217 Å². The van der Waals surface area contributed by atoms with Crippen LogP contribution in [0.4, 0.5) is 0 Å². The summed E-state index contributed by atoms with van der Waals surface area (Å²) in [6, 6.07) is 0. The van der Waals surface area contributed by atoms with E-state index in [4.69, 9.17) is 0 Å². The highest BCUT2D eigenvalue weighted by Gasteiger charge is 2.20. The van der Waals surface area contributed by atoms with Gasteiger partial charge in [0.15, 0.2) is 0 Å². The van der Waals surface area contributed by atoms with E-state index in [1.54, 1.807) is 0 Å². The van der Waals surface area contributed by atoms with Crippen molar-refractivity contribution >= 4 is 0 Å². The second kappa shape index (κ2) is 34.9. The van der Waals surface area contributed by atoms with Crippen LogP contribution < -0.4 is 24.0 Å². The van der Waals surface area contributed by atoms with Crippen molar-refractivity contribution in [1.29, 1.82) is 0 Å². The third kappa shape index (κ3) is 33.1. The molecule has 238 valence electrons. The number of rotatable bonds is 33. The van der Waals surface area contributed by atoms with Gasteiger partial charge in [0.05, 0.1) is 26.7 Å². The van der Waals surface area contributed by atoms with Crippen LogP contribution in [-0.2, 0) is 0 Å². The first kappa shape index (κ1) is 41.8. The Hall–Kier alpha value is 0.690. The van der Waals surface area contributed by atoms with Gasteiger partial charge in [-0.2, -0.15) is 0 Å². The predicted molar refractivity (Wildman–Crippen MR) is 176 cm³/mol. The highest BCUT2D eigenvalue weighted by Crippen LogP contribution is 2.18. The molecule has 0 saturated carbocycles. The fourth-order valence-corrected chi connectivity index (χ4v) is 6.28. The zero-order valence-corrected chi connectivity index (χ0v) is 30.3. The highest BCUT2D eigenvalue weighted by atomic mass is 127. The molecule has 0 unspecified atom stereocenters. The Labute approximate surface area is 267 Å². The van der Waals surface area contributed by atoms with E-state index in [2.05, 4.69) is 27.8 Å². The molecule has 0 aromatic rings. The summed E-state index contributed by atoms with van der Waals surface area (Å²) < 4.78 is 1.37. The third-order valence-corrected chi connectivity index (χ3v) is 9.15. The molecule has 0 N–H and O–H groups in total. The number of hydrogen-bond donors (Lipinski definition) is 0. The van der Waals surface area contributed by atoms with Crippen LogP contribution in [0.5, 0.6) is 0 Å². The van der Waals surface area contributed by atoms with Gasteiger partial charge in [0, 0.05) is 0 Å². The van der Waals surface area contributed by atoms with Gasteiger partial charge in [0.1, 0.15) is 0 Å². The molecule has 0 saturated heterocycles. The summed E-state index contributed by atoms with van der Waals surface area (Å²) in [7, 11) is 2.61. The number of quaternary nitrogens is 1. The lowest BCUT2D eigenvalue weighted by molar-refractivity contribution is -0.910. The van der Waals surface area contributed by atoms with E-state index in [-0.39, 0.29) is 24.0 Å². The normalized spacial score (nSPS) is 11.7. The summed E-state index contributed by atoms with van der Waals surface area (Å²) >= 11 is 0. The largest absolute Gasteiger partial charge is 1.00 e. The molecular formula is C37H78IN. The Balaban J connectivity index is 0. The molecule has 1 nitrogen and oxygen atoms in total. The molecular weight excluding hydrogens is 585 g/mol. The van der Waals surface area contributed by atoms with Gasteiger partial charge in [-0.05, 0) is 38.5 Å². The minimum atomic E-state index is 0. The molecule has 2 heteroatoms. The maximum atomic E-state index is 2.61. The first-order valence-electron chi connectivity index (χ1n) is 18.5. The highest BCUT2D eigenvalue weighted by molar-refractivity contribution is 4.53. The summed E-state index contributed by atoms with van der Waals surface area (Å²) in [5, 5.41) is 0. The lowest BCUT2D eigenvalue weighted by atomic mass is 10.0. The summed E-state index contributed by atoms with van der Waals surface area (Å²) in [6.07, 6.45) is 43.8. The molecule has 0 aliphatic heterocycles. The fraction of sp³-hybridized carbons (Fsp3) is 1.00. The molecule has 0 heterocycles. The molecule has 0 spiro atoms. The third-order valence-electron chi connectivity index (χ3n) is 9.15. The Kier molecular flexibility index (Phi) is 37.4. The first-order valence-corrected chi connectivity index (χ1v) is 18.5. The number of unbranched alkanes of at least 4 members (excludes halogenated alkanes) is 27. The Morgan fingerprint density at radius 1 is 0.256 bits per heavy atom. The van der Waals surface area contributed by atoms with Crippen LogP contribution in [0, 0.1) is 0 Å².